The highest BCUT2D eigenvalue weighted by Gasteiger charge is 2.07. The lowest BCUT2D eigenvalue weighted by Crippen LogP contribution is -1.88. The van der Waals surface area contributed by atoms with Crippen LogP contribution in [0.3, 0.4) is 0 Å². The quantitative estimate of drug-likeness (QED) is 0.525. The van der Waals surface area contributed by atoms with E-state index in [1.54, 1.807) is 26.0 Å². The van der Waals surface area contributed by atoms with Crippen LogP contribution in [-0.2, 0) is 0 Å². The third-order valence-electron chi connectivity index (χ3n) is 3.02. The lowest BCUT2D eigenvalue weighted by atomic mass is 10.1. The van der Waals surface area contributed by atoms with Gasteiger partial charge in [-0.3, -0.25) is 0 Å². The van der Waals surface area contributed by atoms with Crippen molar-refractivity contribution in [3.63, 3.8) is 0 Å². The molecule has 0 bridgehead atoms. The van der Waals surface area contributed by atoms with Gasteiger partial charge >= 0.3 is 0 Å². The topological polar surface area (TPSA) is 18.5 Å². The number of hydrogen-bond donors (Lipinski definition) is 0. The molecule has 0 spiro atoms. The highest BCUT2D eigenvalue weighted by atomic mass is 79.9. The first kappa shape index (κ1) is 16.0. The fraction of sp³-hybridized carbons (Fsp3) is 0.176. The van der Waals surface area contributed by atoms with Gasteiger partial charge in [-0.15, -0.1) is 11.8 Å². The van der Waals surface area contributed by atoms with E-state index in [-0.39, 0.29) is 0 Å². The Labute approximate surface area is 138 Å². The van der Waals surface area contributed by atoms with Crippen LogP contribution in [0.15, 0.2) is 45.8 Å². The van der Waals surface area contributed by atoms with Gasteiger partial charge in [-0.2, -0.15) is 0 Å². The number of halogens is 1. The average molecular weight is 365 g/mol. The lowest BCUT2D eigenvalue weighted by Gasteiger charge is -2.09. The van der Waals surface area contributed by atoms with E-state index in [0.717, 1.165) is 32.0 Å². The normalized spacial score (nSPS) is 10.9. The average Bonchev–Trinajstić information content (AvgIpc) is 2.52. The third kappa shape index (κ3) is 4.05. The van der Waals surface area contributed by atoms with Crippen molar-refractivity contribution in [3.05, 3.63) is 52.0 Å². The summed E-state index contributed by atoms with van der Waals surface area (Å²) in [4.78, 5) is 1.11. The Morgan fingerprint density at radius 1 is 1.00 bits per heavy atom. The van der Waals surface area contributed by atoms with Gasteiger partial charge in [0.15, 0.2) is 0 Å². The molecule has 0 aromatic heterocycles. The van der Waals surface area contributed by atoms with E-state index in [2.05, 4.69) is 34.1 Å². The van der Waals surface area contributed by atoms with E-state index >= 15 is 0 Å². The van der Waals surface area contributed by atoms with Gasteiger partial charge in [0.25, 0.3) is 0 Å². The van der Waals surface area contributed by atoms with Crippen LogP contribution in [0.5, 0.6) is 11.5 Å². The summed E-state index contributed by atoms with van der Waals surface area (Å²) in [6.45, 7) is 0. The molecular formula is C17H17BrO2S. The molecule has 0 unspecified atom stereocenters. The van der Waals surface area contributed by atoms with Crippen LogP contribution in [0.4, 0.5) is 0 Å². The highest BCUT2D eigenvalue weighted by Crippen LogP contribution is 2.36. The van der Waals surface area contributed by atoms with Crippen LogP contribution in [-0.4, -0.2) is 20.5 Å². The smallest absolute Gasteiger partial charge is 0.134 e. The number of methoxy groups -OCH3 is 2. The van der Waals surface area contributed by atoms with Crippen molar-refractivity contribution in [1.29, 1.82) is 0 Å². The minimum atomic E-state index is 0.855. The van der Waals surface area contributed by atoms with Crippen molar-refractivity contribution in [2.45, 2.75) is 4.90 Å². The molecule has 0 aliphatic carbocycles. The number of thioether (sulfide) groups is 1. The molecule has 0 heterocycles. The molecule has 2 nitrogen and oxygen atoms in total. The van der Waals surface area contributed by atoms with Gasteiger partial charge in [0.05, 0.1) is 19.1 Å². The van der Waals surface area contributed by atoms with Crippen LogP contribution in [0.1, 0.15) is 11.1 Å². The summed E-state index contributed by atoms with van der Waals surface area (Å²) in [6.07, 6.45) is 6.16. The summed E-state index contributed by atoms with van der Waals surface area (Å²) in [5, 5.41) is 0. The van der Waals surface area contributed by atoms with Gasteiger partial charge in [-0.05, 0) is 57.6 Å². The van der Waals surface area contributed by atoms with Crippen molar-refractivity contribution in [3.8, 4) is 11.5 Å². The molecule has 0 fully saturated rings. The molecule has 2 rings (SSSR count). The molecule has 0 aliphatic heterocycles. The first-order chi connectivity index (χ1) is 10.2. The first-order valence-electron chi connectivity index (χ1n) is 6.41. The summed E-state index contributed by atoms with van der Waals surface area (Å²) in [6, 6.07) is 12.1. The van der Waals surface area contributed by atoms with Gasteiger partial charge in [0, 0.05) is 4.47 Å². The molecule has 110 valence electrons. The third-order valence-corrected chi connectivity index (χ3v) is 4.74. The van der Waals surface area contributed by atoms with Gasteiger partial charge < -0.3 is 9.47 Å². The minimum Gasteiger partial charge on any atom is -0.497 e. The number of rotatable bonds is 5. The Hall–Kier alpha value is -1.39. The zero-order valence-corrected chi connectivity index (χ0v) is 14.6. The van der Waals surface area contributed by atoms with Crippen LogP contribution in [0.25, 0.3) is 12.2 Å². The predicted molar refractivity (Wildman–Crippen MR) is 94.4 cm³/mol. The summed E-state index contributed by atoms with van der Waals surface area (Å²) >= 11 is 5.26. The van der Waals surface area contributed by atoms with Gasteiger partial charge in [-0.25, -0.2) is 0 Å². The van der Waals surface area contributed by atoms with E-state index in [1.165, 1.54) is 0 Å². The van der Waals surface area contributed by atoms with Crippen molar-refractivity contribution in [1.82, 2.24) is 0 Å². The largest absolute Gasteiger partial charge is 0.497 e. The molecule has 2 aromatic rings. The monoisotopic (exact) mass is 364 g/mol. The second-order valence-corrected chi connectivity index (χ2v) is 6.02. The Bertz CT molecular complexity index is 653. The standard InChI is InChI=1S/C17H17BrO2S/c1-19-14-6-4-5-12(9-14)7-8-13-10-15(18)17(21-3)16(11-13)20-2/h4-11H,1-3H3/b8-7-. The van der Waals surface area contributed by atoms with E-state index in [0.29, 0.717) is 0 Å². The highest BCUT2D eigenvalue weighted by molar-refractivity contribution is 9.10. The molecular weight excluding hydrogens is 348 g/mol. The SMILES string of the molecule is COc1cccc(/C=C\c2cc(Br)c(SC)c(OC)c2)c1. The van der Waals surface area contributed by atoms with Crippen molar-refractivity contribution >= 4 is 39.8 Å². The summed E-state index contributed by atoms with van der Waals surface area (Å²) in [7, 11) is 3.36. The maximum absolute atomic E-state index is 5.44. The molecule has 0 saturated carbocycles. The zero-order valence-electron chi connectivity index (χ0n) is 12.2. The Morgan fingerprint density at radius 2 is 1.76 bits per heavy atom. The van der Waals surface area contributed by atoms with E-state index < -0.39 is 0 Å². The van der Waals surface area contributed by atoms with Gasteiger partial charge in [0.1, 0.15) is 11.5 Å². The van der Waals surface area contributed by atoms with Crippen molar-refractivity contribution in [2.75, 3.05) is 20.5 Å². The zero-order chi connectivity index (χ0) is 15.2. The van der Waals surface area contributed by atoms with Crippen molar-refractivity contribution in [2.24, 2.45) is 0 Å². The molecule has 4 heteroatoms. The Balaban J connectivity index is 2.30. The second kappa shape index (κ2) is 7.57. The molecule has 2 aromatic carbocycles. The van der Waals surface area contributed by atoms with Gasteiger partial charge in [-0.1, -0.05) is 24.3 Å². The van der Waals surface area contributed by atoms with Crippen LogP contribution in [0.2, 0.25) is 0 Å². The second-order valence-electron chi connectivity index (χ2n) is 4.35. The van der Waals surface area contributed by atoms with Crippen LogP contribution >= 0.6 is 27.7 Å². The Morgan fingerprint density at radius 3 is 2.43 bits per heavy atom. The lowest BCUT2D eigenvalue weighted by molar-refractivity contribution is 0.404. The number of benzene rings is 2. The predicted octanol–water partition coefficient (Wildman–Crippen LogP) is 5.36. The molecule has 0 atom stereocenters. The van der Waals surface area contributed by atoms with E-state index in [9.17, 15) is 0 Å². The van der Waals surface area contributed by atoms with E-state index in [1.807, 2.05) is 36.6 Å². The number of hydrogen-bond acceptors (Lipinski definition) is 3. The fourth-order valence-corrected chi connectivity index (χ4v) is 3.51. The Kier molecular flexibility index (Phi) is 5.76. The minimum absolute atomic E-state index is 0.855. The molecule has 0 radical (unpaired) electrons. The maximum Gasteiger partial charge on any atom is 0.134 e. The van der Waals surface area contributed by atoms with Crippen LogP contribution in [0, 0.1) is 0 Å². The molecule has 0 amide bonds. The number of ether oxygens (including phenoxy) is 2. The van der Waals surface area contributed by atoms with Crippen molar-refractivity contribution < 1.29 is 9.47 Å². The summed E-state index contributed by atoms with van der Waals surface area (Å²) < 4.78 is 11.7. The summed E-state index contributed by atoms with van der Waals surface area (Å²) in [5.41, 5.74) is 2.18. The molecule has 21 heavy (non-hydrogen) atoms. The van der Waals surface area contributed by atoms with Gasteiger partial charge in [0.2, 0.25) is 0 Å². The fourth-order valence-electron chi connectivity index (χ4n) is 1.97. The van der Waals surface area contributed by atoms with Crippen LogP contribution < -0.4 is 9.47 Å². The molecule has 0 aliphatic rings. The summed E-state index contributed by atoms with van der Waals surface area (Å²) in [5.74, 6) is 1.73. The van der Waals surface area contributed by atoms with E-state index in [4.69, 9.17) is 9.47 Å². The first-order valence-corrected chi connectivity index (χ1v) is 8.43. The molecule has 0 N–H and O–H groups in total. The maximum atomic E-state index is 5.44. The molecule has 0 saturated heterocycles.